The lowest BCUT2D eigenvalue weighted by atomic mass is 10.6. The molecule has 0 aliphatic rings. The van der Waals surface area contributed by atoms with Gasteiger partial charge in [-0.15, -0.1) is 8.78 Å². The van der Waals surface area contributed by atoms with Crippen LogP contribution in [-0.2, 0) is 4.74 Å². The molecule has 0 bridgehead atoms. The Hall–Kier alpha value is -1.20. The highest BCUT2D eigenvalue weighted by Gasteiger charge is 2.44. The Bertz CT molecular complexity index is 147. The van der Waals surface area contributed by atoms with Crippen LogP contribution in [0.25, 0.3) is 0 Å². The van der Waals surface area contributed by atoms with Crippen molar-refractivity contribution in [3.8, 4) is 0 Å². The van der Waals surface area contributed by atoms with Crippen LogP contribution in [-0.4, -0.2) is 17.6 Å². The molecule has 0 aromatic heterocycles. The normalized spacial score (nSPS) is 10.6. The summed E-state index contributed by atoms with van der Waals surface area (Å²) in [5, 5.41) is 9.47. The predicted octanol–water partition coefficient (Wildman–Crippen LogP) is 1.02. The second kappa shape index (κ2) is 3.09. The average Bonchev–Trinajstić information content (AvgIpc) is 1.84. The summed E-state index contributed by atoms with van der Waals surface area (Å²) < 4.78 is 27.7. The van der Waals surface area contributed by atoms with Crippen LogP contribution in [0.1, 0.15) is 0 Å². The quantitative estimate of drug-likeness (QED) is 0.262. The molecule has 0 aliphatic heterocycles. The molecule has 58 valence electrons. The molecule has 0 aromatic carbocycles. The Morgan fingerprint density at radius 1 is 1.80 bits per heavy atom. The fourth-order valence-corrected chi connectivity index (χ4v) is 0.212. The number of hydrogen-bond donors (Lipinski definition) is 0. The molecule has 0 amide bonds. The molecule has 0 unspecified atom stereocenters. The van der Waals surface area contributed by atoms with E-state index < -0.39 is 17.6 Å². The van der Waals surface area contributed by atoms with Gasteiger partial charge in [0.1, 0.15) is 0 Å². The van der Waals surface area contributed by atoms with Gasteiger partial charge in [-0.25, -0.2) is 0 Å². The van der Waals surface area contributed by atoms with Gasteiger partial charge in [0.2, 0.25) is 6.61 Å². The van der Waals surface area contributed by atoms with Gasteiger partial charge in [-0.1, -0.05) is 6.58 Å². The summed E-state index contributed by atoms with van der Waals surface area (Å²) in [5.41, 5.74) is 0. The van der Waals surface area contributed by atoms with Crippen molar-refractivity contribution >= 4 is 0 Å². The highest BCUT2D eigenvalue weighted by Crippen LogP contribution is 2.13. The van der Waals surface area contributed by atoms with Crippen LogP contribution < -0.4 is 0 Å². The number of hydrogen-bond acceptors (Lipinski definition) is 3. The SMILES string of the molecule is C=COCC(F)(F)[N+](=O)[O-]. The molecule has 0 aromatic rings. The Labute approximate surface area is 55.2 Å². The molecule has 0 heterocycles. The van der Waals surface area contributed by atoms with Crippen LogP contribution in [0, 0.1) is 10.1 Å². The van der Waals surface area contributed by atoms with Crippen molar-refractivity contribution in [2.45, 2.75) is 6.05 Å². The molecule has 4 nitrogen and oxygen atoms in total. The molecule has 0 rings (SSSR count). The van der Waals surface area contributed by atoms with Gasteiger partial charge >= 0.3 is 6.05 Å². The van der Waals surface area contributed by atoms with E-state index in [2.05, 4.69) is 11.3 Å². The van der Waals surface area contributed by atoms with Crippen molar-refractivity contribution in [3.63, 3.8) is 0 Å². The molecule has 0 aliphatic carbocycles. The zero-order chi connectivity index (χ0) is 8.20. The standard InChI is InChI=1S/C4H5F2NO3/c1-2-10-3-4(5,6)7(8)9/h2H,1,3H2. The molecular weight excluding hydrogens is 148 g/mol. The van der Waals surface area contributed by atoms with E-state index in [4.69, 9.17) is 0 Å². The highest BCUT2D eigenvalue weighted by atomic mass is 19.3. The molecular formula is C4H5F2NO3. The number of rotatable bonds is 4. The topological polar surface area (TPSA) is 52.4 Å². The Balaban J connectivity index is 3.86. The fourth-order valence-electron chi connectivity index (χ4n) is 0.212. The first-order valence-electron chi connectivity index (χ1n) is 2.25. The van der Waals surface area contributed by atoms with Crippen LogP contribution in [0.3, 0.4) is 0 Å². The van der Waals surface area contributed by atoms with Crippen LogP contribution in [0.15, 0.2) is 12.8 Å². The molecule has 0 spiro atoms. The van der Waals surface area contributed by atoms with Gasteiger partial charge in [-0.2, -0.15) is 0 Å². The van der Waals surface area contributed by atoms with Crippen molar-refractivity contribution in [1.29, 1.82) is 0 Å². The van der Waals surface area contributed by atoms with Crippen molar-refractivity contribution in [3.05, 3.63) is 23.0 Å². The minimum atomic E-state index is -4.02. The van der Waals surface area contributed by atoms with Crippen LogP contribution in [0.4, 0.5) is 8.78 Å². The molecule has 0 N–H and O–H groups in total. The minimum absolute atomic E-state index is 0.720. The van der Waals surface area contributed by atoms with Gasteiger partial charge in [-0.3, -0.25) is 10.1 Å². The highest BCUT2D eigenvalue weighted by molar-refractivity contribution is 4.54. The Kier molecular flexibility index (Phi) is 2.72. The molecule has 0 fully saturated rings. The lowest BCUT2D eigenvalue weighted by Crippen LogP contribution is -2.32. The first kappa shape index (κ1) is 8.80. The van der Waals surface area contributed by atoms with E-state index in [0.717, 1.165) is 6.26 Å². The first-order chi connectivity index (χ1) is 4.50. The predicted molar refractivity (Wildman–Crippen MR) is 28.1 cm³/mol. The maximum absolute atomic E-state index is 11.9. The maximum atomic E-state index is 11.9. The summed E-state index contributed by atoms with van der Waals surface area (Å²) in [6.45, 7) is 1.67. The maximum Gasteiger partial charge on any atom is 0.545 e. The van der Waals surface area contributed by atoms with E-state index in [1.54, 1.807) is 0 Å². The lowest BCUT2D eigenvalue weighted by molar-refractivity contribution is -0.646. The lowest BCUT2D eigenvalue weighted by Gasteiger charge is -2.04. The summed E-state index contributed by atoms with van der Waals surface area (Å²) in [7, 11) is 0. The fraction of sp³-hybridized carbons (Fsp3) is 0.500. The summed E-state index contributed by atoms with van der Waals surface area (Å²) in [6.07, 6.45) is 0.720. The van der Waals surface area contributed by atoms with Crippen molar-refractivity contribution in [2.75, 3.05) is 6.61 Å². The third kappa shape index (κ3) is 2.38. The third-order valence-electron chi connectivity index (χ3n) is 0.642. The Morgan fingerprint density at radius 2 is 2.30 bits per heavy atom. The van der Waals surface area contributed by atoms with Crippen molar-refractivity contribution in [2.24, 2.45) is 0 Å². The van der Waals surface area contributed by atoms with E-state index in [9.17, 15) is 18.9 Å². The summed E-state index contributed by atoms with van der Waals surface area (Å²) >= 11 is 0. The van der Waals surface area contributed by atoms with E-state index in [0.29, 0.717) is 0 Å². The number of ether oxygens (including phenoxy) is 1. The van der Waals surface area contributed by atoms with Gasteiger partial charge in [0.25, 0.3) is 0 Å². The number of alkyl halides is 2. The number of halogens is 2. The first-order valence-corrected chi connectivity index (χ1v) is 2.25. The molecule has 0 saturated heterocycles. The summed E-state index contributed by atoms with van der Waals surface area (Å²) in [6, 6.07) is -4.02. The monoisotopic (exact) mass is 153 g/mol. The zero-order valence-electron chi connectivity index (χ0n) is 4.92. The molecule has 6 heteroatoms. The Morgan fingerprint density at radius 3 is 2.60 bits per heavy atom. The van der Waals surface area contributed by atoms with E-state index in [-0.39, 0.29) is 0 Å². The van der Waals surface area contributed by atoms with E-state index in [1.165, 1.54) is 0 Å². The minimum Gasteiger partial charge on any atom is -0.487 e. The number of nitro groups is 1. The van der Waals surface area contributed by atoms with Crippen LogP contribution in [0.2, 0.25) is 0 Å². The molecule has 0 radical (unpaired) electrons. The summed E-state index contributed by atoms with van der Waals surface area (Å²) in [4.78, 5) is 7.76. The van der Waals surface area contributed by atoms with Gasteiger partial charge in [0.05, 0.1) is 11.2 Å². The smallest absolute Gasteiger partial charge is 0.487 e. The third-order valence-corrected chi connectivity index (χ3v) is 0.642. The second-order valence-corrected chi connectivity index (χ2v) is 1.40. The largest absolute Gasteiger partial charge is 0.545 e. The van der Waals surface area contributed by atoms with Crippen molar-refractivity contribution < 1.29 is 18.4 Å². The van der Waals surface area contributed by atoms with Gasteiger partial charge in [-0.05, 0) is 0 Å². The van der Waals surface area contributed by atoms with Gasteiger partial charge in [0.15, 0.2) is 0 Å². The molecule has 0 saturated carbocycles. The van der Waals surface area contributed by atoms with Crippen LogP contribution in [0.5, 0.6) is 0 Å². The zero-order valence-corrected chi connectivity index (χ0v) is 4.92. The number of nitrogens with zero attached hydrogens (tertiary/aromatic N) is 1. The van der Waals surface area contributed by atoms with Crippen LogP contribution >= 0.6 is 0 Å². The van der Waals surface area contributed by atoms with E-state index >= 15 is 0 Å². The second-order valence-electron chi connectivity index (χ2n) is 1.40. The van der Waals surface area contributed by atoms with Gasteiger partial charge < -0.3 is 4.74 Å². The average molecular weight is 153 g/mol. The molecule has 0 atom stereocenters. The summed E-state index contributed by atoms with van der Waals surface area (Å²) in [5.74, 6) is 0. The van der Waals surface area contributed by atoms with Gasteiger partial charge in [0, 0.05) is 0 Å². The van der Waals surface area contributed by atoms with E-state index in [1.807, 2.05) is 0 Å². The van der Waals surface area contributed by atoms with Crippen molar-refractivity contribution in [1.82, 2.24) is 0 Å². The molecule has 10 heavy (non-hydrogen) atoms.